The van der Waals surface area contributed by atoms with Gasteiger partial charge in [0.2, 0.25) is 10.0 Å². The monoisotopic (exact) mass is 434 g/mol. The summed E-state index contributed by atoms with van der Waals surface area (Å²) in [5, 5.41) is 14.6. The Balaban J connectivity index is 1.61. The van der Waals surface area contributed by atoms with Crippen LogP contribution in [0.15, 0.2) is 54.9 Å². The van der Waals surface area contributed by atoms with E-state index in [1.807, 2.05) is 30.5 Å². The van der Waals surface area contributed by atoms with Crippen LogP contribution >= 0.6 is 0 Å². The van der Waals surface area contributed by atoms with Crippen molar-refractivity contribution in [3.8, 4) is 17.2 Å². The van der Waals surface area contributed by atoms with Gasteiger partial charge in [-0.25, -0.2) is 12.7 Å². The maximum atomic E-state index is 12.5. The zero-order valence-corrected chi connectivity index (χ0v) is 18.6. The first kappa shape index (κ1) is 21.3. The number of piperidine rings is 1. The van der Waals surface area contributed by atoms with Gasteiger partial charge in [0.15, 0.2) is 0 Å². The maximum Gasteiger partial charge on any atom is 0.216 e. The van der Waals surface area contributed by atoms with Crippen molar-refractivity contribution in [3.05, 3.63) is 60.4 Å². The third-order valence-corrected chi connectivity index (χ3v) is 8.13. The molecule has 0 atom stereocenters. The lowest BCUT2D eigenvalue weighted by Crippen LogP contribution is -2.44. The molecule has 0 aliphatic carbocycles. The van der Waals surface area contributed by atoms with Crippen molar-refractivity contribution >= 4 is 26.5 Å². The van der Waals surface area contributed by atoms with E-state index in [0.717, 1.165) is 40.4 Å². The number of nitrogens with zero attached hydrogens (tertiary/aromatic N) is 3. The Bertz CT molecular complexity index is 1240. The summed E-state index contributed by atoms with van der Waals surface area (Å²) < 4.78 is 26.5. The Morgan fingerprint density at radius 3 is 2.61 bits per heavy atom. The highest BCUT2D eigenvalue weighted by atomic mass is 32.2. The molecular formula is C24H26N4O2S. The van der Waals surface area contributed by atoms with Gasteiger partial charge in [0.25, 0.3) is 0 Å². The number of pyridine rings is 1. The number of nitriles is 1. The number of rotatable bonds is 5. The maximum absolute atomic E-state index is 12.5. The van der Waals surface area contributed by atoms with Crippen molar-refractivity contribution in [1.29, 1.82) is 5.26 Å². The van der Waals surface area contributed by atoms with Gasteiger partial charge in [-0.3, -0.25) is 4.98 Å². The zero-order chi connectivity index (χ0) is 22.0. The summed E-state index contributed by atoms with van der Waals surface area (Å²) in [6.07, 6.45) is 5.13. The smallest absolute Gasteiger partial charge is 0.216 e. The summed E-state index contributed by atoms with van der Waals surface area (Å²) >= 11 is 0. The van der Waals surface area contributed by atoms with Crippen LogP contribution in [0.5, 0.6) is 0 Å². The molecule has 1 aromatic heterocycles. The lowest BCUT2D eigenvalue weighted by Gasteiger charge is -2.33. The van der Waals surface area contributed by atoms with Crippen LogP contribution in [0, 0.1) is 11.3 Å². The van der Waals surface area contributed by atoms with E-state index in [2.05, 4.69) is 28.5 Å². The van der Waals surface area contributed by atoms with Crippen molar-refractivity contribution in [2.75, 3.05) is 18.4 Å². The first-order chi connectivity index (χ1) is 14.9. The van der Waals surface area contributed by atoms with Crippen LogP contribution in [0.3, 0.4) is 0 Å². The van der Waals surface area contributed by atoms with Crippen LogP contribution < -0.4 is 5.32 Å². The number of fused-ring (bicyclic) bond motifs is 1. The van der Waals surface area contributed by atoms with Crippen LogP contribution in [0.4, 0.5) is 5.69 Å². The van der Waals surface area contributed by atoms with Gasteiger partial charge in [-0.1, -0.05) is 12.1 Å². The van der Waals surface area contributed by atoms with Gasteiger partial charge in [-0.05, 0) is 73.5 Å². The van der Waals surface area contributed by atoms with Gasteiger partial charge in [0.1, 0.15) is 0 Å². The lowest BCUT2D eigenvalue weighted by atomic mass is 9.98. The van der Waals surface area contributed by atoms with Gasteiger partial charge in [-0.2, -0.15) is 5.26 Å². The van der Waals surface area contributed by atoms with Crippen LogP contribution in [-0.2, 0) is 10.0 Å². The fourth-order valence-electron chi connectivity index (χ4n) is 4.03. The van der Waals surface area contributed by atoms with E-state index >= 15 is 0 Å². The van der Waals surface area contributed by atoms with Crippen molar-refractivity contribution in [2.45, 2.75) is 38.0 Å². The molecule has 1 N–H and O–H groups in total. The van der Waals surface area contributed by atoms with E-state index in [1.54, 1.807) is 30.4 Å². The predicted octanol–water partition coefficient (Wildman–Crippen LogP) is 4.39. The molecule has 160 valence electrons. The minimum Gasteiger partial charge on any atom is -0.382 e. The Morgan fingerprint density at radius 1 is 1.13 bits per heavy atom. The molecule has 2 heterocycles. The average molecular weight is 435 g/mol. The van der Waals surface area contributed by atoms with Crippen molar-refractivity contribution in [1.82, 2.24) is 9.29 Å². The van der Waals surface area contributed by atoms with Crippen molar-refractivity contribution < 1.29 is 8.42 Å². The first-order valence-electron chi connectivity index (χ1n) is 10.5. The molecule has 0 unspecified atom stereocenters. The molecule has 1 aliphatic rings. The van der Waals surface area contributed by atoms with Gasteiger partial charge >= 0.3 is 0 Å². The summed E-state index contributed by atoms with van der Waals surface area (Å²) in [7, 11) is -3.21. The minimum atomic E-state index is -3.21. The number of nitrogens with one attached hydrogen (secondary N) is 1. The Morgan fingerprint density at radius 2 is 1.90 bits per heavy atom. The molecule has 0 amide bonds. The number of hydrogen-bond donors (Lipinski definition) is 1. The van der Waals surface area contributed by atoms with E-state index in [4.69, 9.17) is 0 Å². The second-order valence-corrected chi connectivity index (χ2v) is 10.7. The zero-order valence-electron chi connectivity index (χ0n) is 17.7. The fraction of sp³-hybridized carbons (Fsp3) is 0.333. The van der Waals surface area contributed by atoms with Crippen molar-refractivity contribution in [3.63, 3.8) is 0 Å². The fourth-order valence-corrected chi connectivity index (χ4v) is 5.34. The van der Waals surface area contributed by atoms with Crippen LogP contribution in [-0.4, -0.2) is 42.1 Å². The van der Waals surface area contributed by atoms with Gasteiger partial charge < -0.3 is 5.32 Å². The van der Waals surface area contributed by atoms with Gasteiger partial charge in [0.05, 0.1) is 16.9 Å². The molecule has 7 heteroatoms. The second-order valence-electron chi connectivity index (χ2n) is 8.22. The molecule has 1 aliphatic heterocycles. The molecular weight excluding hydrogens is 408 g/mol. The molecule has 1 saturated heterocycles. The highest BCUT2D eigenvalue weighted by Gasteiger charge is 2.30. The number of anilines is 1. The highest BCUT2D eigenvalue weighted by molar-refractivity contribution is 7.89. The SMILES string of the molecule is CC(C)S(=O)(=O)N1CCC(Nc2cc(-c3cccc(C#N)c3)cc3ccncc23)CC1. The predicted molar refractivity (Wildman–Crippen MR) is 124 cm³/mol. The molecule has 1 fully saturated rings. The minimum absolute atomic E-state index is 0.183. The van der Waals surface area contributed by atoms with Crippen LogP contribution in [0.25, 0.3) is 21.9 Å². The second kappa shape index (κ2) is 8.66. The molecule has 6 nitrogen and oxygen atoms in total. The quantitative estimate of drug-likeness (QED) is 0.644. The Hall–Kier alpha value is -2.95. The third kappa shape index (κ3) is 4.41. The van der Waals surface area contributed by atoms with E-state index < -0.39 is 15.3 Å². The summed E-state index contributed by atoms with van der Waals surface area (Å²) in [6, 6.07) is 16.1. The summed E-state index contributed by atoms with van der Waals surface area (Å²) in [4.78, 5) is 4.29. The number of hydrogen-bond acceptors (Lipinski definition) is 5. The molecule has 31 heavy (non-hydrogen) atoms. The lowest BCUT2D eigenvalue weighted by molar-refractivity contribution is 0.327. The number of benzene rings is 2. The Labute approximate surface area is 183 Å². The molecule has 2 aromatic carbocycles. The van der Waals surface area contributed by atoms with E-state index in [-0.39, 0.29) is 6.04 Å². The molecule has 0 bridgehead atoms. The van der Waals surface area contributed by atoms with Crippen LogP contribution in [0.1, 0.15) is 32.3 Å². The average Bonchev–Trinajstić information content (AvgIpc) is 2.79. The summed E-state index contributed by atoms with van der Waals surface area (Å²) in [5.41, 5.74) is 3.62. The van der Waals surface area contributed by atoms with E-state index in [1.165, 1.54) is 0 Å². The summed E-state index contributed by atoms with van der Waals surface area (Å²) in [5.74, 6) is 0. The molecule has 0 radical (unpaired) electrons. The number of sulfonamides is 1. The number of aromatic nitrogens is 1. The van der Waals surface area contributed by atoms with Gasteiger partial charge in [-0.15, -0.1) is 0 Å². The first-order valence-corrected chi connectivity index (χ1v) is 12.0. The van der Waals surface area contributed by atoms with Crippen molar-refractivity contribution in [2.24, 2.45) is 0 Å². The standard InChI is InChI=1S/C24H26N4O2S/c1-17(2)31(29,30)28-10-7-22(8-11-28)27-24-14-21(13-20-6-9-26-16-23(20)24)19-5-3-4-18(12-19)15-25/h3-6,9,12-14,16-17,22,27H,7-8,10-11H2,1-2H3. The van der Waals surface area contributed by atoms with Crippen LogP contribution in [0.2, 0.25) is 0 Å². The normalized spacial score (nSPS) is 15.8. The van der Waals surface area contributed by atoms with Gasteiger partial charge in [0, 0.05) is 42.6 Å². The molecule has 0 saturated carbocycles. The molecule has 0 spiro atoms. The topological polar surface area (TPSA) is 86.1 Å². The molecule has 4 rings (SSSR count). The highest BCUT2D eigenvalue weighted by Crippen LogP contribution is 2.32. The largest absolute Gasteiger partial charge is 0.382 e. The third-order valence-electron chi connectivity index (χ3n) is 5.85. The van der Waals surface area contributed by atoms with E-state index in [9.17, 15) is 13.7 Å². The summed E-state index contributed by atoms with van der Waals surface area (Å²) in [6.45, 7) is 4.51. The Kier molecular flexibility index (Phi) is 5.94. The molecule has 3 aromatic rings. The van der Waals surface area contributed by atoms with E-state index in [0.29, 0.717) is 18.7 Å².